The van der Waals surface area contributed by atoms with E-state index in [1.807, 2.05) is 54.6 Å². The summed E-state index contributed by atoms with van der Waals surface area (Å²) < 4.78 is 11.0. The van der Waals surface area contributed by atoms with Crippen molar-refractivity contribution in [3.63, 3.8) is 0 Å². The van der Waals surface area contributed by atoms with Crippen LogP contribution < -0.4 is 25.2 Å². The van der Waals surface area contributed by atoms with Crippen molar-refractivity contribution in [1.29, 1.82) is 0 Å². The highest BCUT2D eigenvalue weighted by molar-refractivity contribution is 6.30. The standard InChI is InChI=1S/C25H24ClN3O4/c1-32-22-11-9-21(10-12-22)29-15-18(13-24(29)30)25(31)28-27-20-3-2-4-23(14-20)33-16-17-5-7-19(26)8-6-17/h2-12,14,18,27H,13,15-16H2,1H3,(H,28,31)/t18-/m0/s1. The molecule has 2 N–H and O–H groups in total. The second-order valence-corrected chi connectivity index (χ2v) is 8.10. The van der Waals surface area contributed by atoms with Crippen molar-refractivity contribution in [1.82, 2.24) is 5.43 Å². The van der Waals surface area contributed by atoms with Crippen LogP contribution in [0.4, 0.5) is 11.4 Å². The van der Waals surface area contributed by atoms with Crippen LogP contribution in [0.5, 0.6) is 11.5 Å². The molecule has 1 aliphatic heterocycles. The fourth-order valence-corrected chi connectivity index (χ4v) is 3.67. The molecular weight excluding hydrogens is 442 g/mol. The van der Waals surface area contributed by atoms with Gasteiger partial charge in [0.15, 0.2) is 0 Å². The number of benzene rings is 3. The van der Waals surface area contributed by atoms with E-state index in [9.17, 15) is 9.59 Å². The molecule has 3 aromatic carbocycles. The van der Waals surface area contributed by atoms with Crippen molar-refractivity contribution < 1.29 is 19.1 Å². The number of hydrazine groups is 1. The van der Waals surface area contributed by atoms with Gasteiger partial charge in [0.1, 0.15) is 18.1 Å². The first-order valence-electron chi connectivity index (χ1n) is 10.5. The van der Waals surface area contributed by atoms with E-state index in [1.165, 1.54) is 0 Å². The number of hydrogen-bond acceptors (Lipinski definition) is 5. The van der Waals surface area contributed by atoms with Gasteiger partial charge in [-0.15, -0.1) is 0 Å². The Bertz CT molecular complexity index is 1120. The Morgan fingerprint density at radius 1 is 1.06 bits per heavy atom. The Labute approximate surface area is 197 Å². The SMILES string of the molecule is COc1ccc(N2C[C@@H](C(=O)NNc3cccc(OCc4ccc(Cl)cc4)c3)CC2=O)cc1. The van der Waals surface area contributed by atoms with Crippen LogP contribution in [0.3, 0.4) is 0 Å². The summed E-state index contributed by atoms with van der Waals surface area (Å²) in [6.07, 6.45) is 0.157. The zero-order chi connectivity index (χ0) is 23.2. The van der Waals surface area contributed by atoms with Crippen molar-refractivity contribution in [2.24, 2.45) is 5.92 Å². The lowest BCUT2D eigenvalue weighted by molar-refractivity contribution is -0.125. The quantitative estimate of drug-likeness (QED) is 0.481. The molecule has 1 fully saturated rings. The maximum absolute atomic E-state index is 12.7. The van der Waals surface area contributed by atoms with Gasteiger partial charge in [0, 0.05) is 29.7 Å². The molecule has 1 aliphatic rings. The molecule has 170 valence electrons. The number of amides is 2. The summed E-state index contributed by atoms with van der Waals surface area (Å²) in [6, 6.07) is 21.9. The van der Waals surface area contributed by atoms with Crippen LogP contribution in [-0.4, -0.2) is 25.5 Å². The molecule has 0 aromatic heterocycles. The fraction of sp³-hybridized carbons (Fsp3) is 0.200. The van der Waals surface area contributed by atoms with Gasteiger partial charge < -0.3 is 14.4 Å². The van der Waals surface area contributed by atoms with E-state index in [0.717, 1.165) is 11.3 Å². The van der Waals surface area contributed by atoms with Crippen molar-refractivity contribution in [3.05, 3.63) is 83.4 Å². The van der Waals surface area contributed by atoms with E-state index in [2.05, 4.69) is 10.9 Å². The molecule has 0 aliphatic carbocycles. The number of anilines is 2. The van der Waals surface area contributed by atoms with Crippen LogP contribution in [0.1, 0.15) is 12.0 Å². The first-order valence-corrected chi connectivity index (χ1v) is 10.9. The van der Waals surface area contributed by atoms with Crippen LogP contribution in [0, 0.1) is 5.92 Å². The highest BCUT2D eigenvalue weighted by Crippen LogP contribution is 2.27. The molecular formula is C25H24ClN3O4. The third-order valence-corrected chi connectivity index (χ3v) is 5.61. The summed E-state index contributed by atoms with van der Waals surface area (Å²) >= 11 is 5.91. The van der Waals surface area contributed by atoms with E-state index in [-0.39, 0.29) is 18.2 Å². The van der Waals surface area contributed by atoms with Gasteiger partial charge in [0.2, 0.25) is 11.8 Å². The Balaban J connectivity index is 1.30. The highest BCUT2D eigenvalue weighted by Gasteiger charge is 2.35. The molecule has 1 heterocycles. The molecule has 3 aromatic rings. The van der Waals surface area contributed by atoms with E-state index < -0.39 is 5.92 Å². The minimum atomic E-state index is -0.448. The number of rotatable bonds is 8. The lowest BCUT2D eigenvalue weighted by atomic mass is 10.1. The predicted molar refractivity (Wildman–Crippen MR) is 127 cm³/mol. The second kappa shape index (κ2) is 10.3. The first kappa shape index (κ1) is 22.5. The van der Waals surface area contributed by atoms with E-state index >= 15 is 0 Å². The van der Waals surface area contributed by atoms with Gasteiger partial charge in [-0.3, -0.25) is 20.4 Å². The number of hydrogen-bond donors (Lipinski definition) is 2. The van der Waals surface area contributed by atoms with Gasteiger partial charge >= 0.3 is 0 Å². The third-order valence-electron chi connectivity index (χ3n) is 5.36. The number of nitrogens with zero attached hydrogens (tertiary/aromatic N) is 1. The van der Waals surface area contributed by atoms with Gasteiger partial charge in [0.05, 0.1) is 18.7 Å². The molecule has 1 atom stereocenters. The summed E-state index contributed by atoms with van der Waals surface area (Å²) in [7, 11) is 1.59. The predicted octanol–water partition coefficient (Wildman–Crippen LogP) is 4.42. The average Bonchev–Trinajstić information content (AvgIpc) is 3.24. The summed E-state index contributed by atoms with van der Waals surface area (Å²) in [5, 5.41) is 0.678. The Morgan fingerprint density at radius 3 is 2.55 bits per heavy atom. The number of nitrogens with one attached hydrogen (secondary N) is 2. The number of carbonyl (C=O) groups excluding carboxylic acids is 2. The lowest BCUT2D eigenvalue weighted by Crippen LogP contribution is -2.36. The molecule has 8 heteroatoms. The Morgan fingerprint density at radius 2 is 1.82 bits per heavy atom. The van der Waals surface area contributed by atoms with Crippen LogP contribution in [0.25, 0.3) is 0 Å². The average molecular weight is 466 g/mol. The second-order valence-electron chi connectivity index (χ2n) is 7.66. The summed E-state index contributed by atoms with van der Waals surface area (Å²) in [5.41, 5.74) is 8.03. The maximum atomic E-state index is 12.7. The van der Waals surface area contributed by atoms with Crippen molar-refractivity contribution in [2.75, 3.05) is 24.0 Å². The van der Waals surface area contributed by atoms with Crippen LogP contribution in [0.15, 0.2) is 72.8 Å². The number of methoxy groups -OCH3 is 1. The molecule has 4 rings (SSSR count). The van der Waals surface area contributed by atoms with Gasteiger partial charge in [-0.2, -0.15) is 0 Å². The van der Waals surface area contributed by atoms with Crippen molar-refractivity contribution in [2.45, 2.75) is 13.0 Å². The van der Waals surface area contributed by atoms with E-state index in [0.29, 0.717) is 35.4 Å². The highest BCUT2D eigenvalue weighted by atomic mass is 35.5. The smallest absolute Gasteiger partial charge is 0.243 e. The zero-order valence-electron chi connectivity index (χ0n) is 18.1. The number of ether oxygens (including phenoxy) is 2. The minimum absolute atomic E-state index is 0.0853. The van der Waals surface area contributed by atoms with Crippen molar-refractivity contribution >= 4 is 34.8 Å². The molecule has 0 spiro atoms. The number of carbonyl (C=O) groups is 2. The van der Waals surface area contributed by atoms with Gasteiger partial charge in [-0.05, 0) is 54.1 Å². The molecule has 0 radical (unpaired) electrons. The van der Waals surface area contributed by atoms with Gasteiger partial charge in [-0.1, -0.05) is 29.8 Å². The maximum Gasteiger partial charge on any atom is 0.243 e. The first-order chi connectivity index (χ1) is 16.0. The van der Waals surface area contributed by atoms with Gasteiger partial charge in [0.25, 0.3) is 0 Å². The number of halogens is 1. The molecule has 1 saturated heterocycles. The summed E-state index contributed by atoms with van der Waals surface area (Å²) in [4.78, 5) is 26.7. The molecule has 0 unspecified atom stereocenters. The summed E-state index contributed by atoms with van der Waals surface area (Å²) in [5.74, 6) is 0.593. The van der Waals surface area contributed by atoms with Gasteiger partial charge in [-0.25, -0.2) is 0 Å². The largest absolute Gasteiger partial charge is 0.497 e. The zero-order valence-corrected chi connectivity index (χ0v) is 18.8. The summed E-state index contributed by atoms with van der Waals surface area (Å²) in [6.45, 7) is 0.723. The van der Waals surface area contributed by atoms with Crippen molar-refractivity contribution in [3.8, 4) is 11.5 Å². The monoisotopic (exact) mass is 465 g/mol. The fourth-order valence-electron chi connectivity index (χ4n) is 3.54. The molecule has 33 heavy (non-hydrogen) atoms. The topological polar surface area (TPSA) is 79.9 Å². The van der Waals surface area contributed by atoms with Crippen LogP contribution in [-0.2, 0) is 16.2 Å². The molecule has 0 saturated carbocycles. The minimum Gasteiger partial charge on any atom is -0.497 e. The lowest BCUT2D eigenvalue weighted by Gasteiger charge is -2.17. The molecule has 0 bridgehead atoms. The van der Waals surface area contributed by atoms with E-state index in [4.69, 9.17) is 21.1 Å². The molecule has 2 amide bonds. The molecule has 7 nitrogen and oxygen atoms in total. The Hall–Kier alpha value is -3.71. The third kappa shape index (κ3) is 5.75. The van der Waals surface area contributed by atoms with Crippen LogP contribution in [0.2, 0.25) is 5.02 Å². The van der Waals surface area contributed by atoms with Crippen LogP contribution >= 0.6 is 11.6 Å². The van der Waals surface area contributed by atoms with E-state index in [1.54, 1.807) is 30.2 Å². The Kier molecular flexibility index (Phi) is 7.00. The normalized spacial score (nSPS) is 15.3.